The van der Waals surface area contributed by atoms with Crippen molar-refractivity contribution in [2.75, 3.05) is 6.61 Å². The van der Waals surface area contributed by atoms with E-state index >= 15 is 0 Å². The van der Waals surface area contributed by atoms with Crippen LogP contribution in [0.2, 0.25) is 0 Å². The highest BCUT2D eigenvalue weighted by molar-refractivity contribution is 6.72. The van der Waals surface area contributed by atoms with Gasteiger partial charge in [-0.1, -0.05) is 0 Å². The number of amidine groups is 1. The van der Waals surface area contributed by atoms with Crippen LogP contribution in [0.5, 0.6) is 0 Å². The number of nitrogens with zero attached hydrogens (tertiary/aromatic N) is 3. The molecule has 0 aliphatic carbocycles. The van der Waals surface area contributed by atoms with Crippen molar-refractivity contribution in [1.29, 1.82) is 0 Å². The molecule has 0 aromatic carbocycles. The Kier molecular flexibility index (Phi) is 5.60. The quantitative estimate of drug-likeness (QED) is 0.410. The van der Waals surface area contributed by atoms with E-state index in [4.69, 9.17) is 18.9 Å². The molecule has 1 N–H and O–H groups in total. The maximum absolute atomic E-state index is 12.5. The number of rotatable bonds is 5. The van der Waals surface area contributed by atoms with E-state index in [1.54, 1.807) is 0 Å². The van der Waals surface area contributed by atoms with E-state index in [-0.39, 0.29) is 0 Å². The summed E-state index contributed by atoms with van der Waals surface area (Å²) >= 11 is 0. The Hall–Kier alpha value is -3.68. The third-order valence-electron chi connectivity index (χ3n) is 4.09. The van der Waals surface area contributed by atoms with Gasteiger partial charge < -0.3 is 18.9 Å². The molecule has 30 heavy (non-hydrogen) atoms. The van der Waals surface area contributed by atoms with Crippen molar-refractivity contribution >= 4 is 47.4 Å². The molecular formula is C16H16N4O10. The fourth-order valence-corrected chi connectivity index (χ4v) is 3.07. The molecule has 4 atom stereocenters. The Labute approximate surface area is 168 Å². The van der Waals surface area contributed by atoms with Crippen LogP contribution in [0.4, 0.5) is 9.59 Å². The number of imide groups is 1. The maximum atomic E-state index is 12.5. The van der Waals surface area contributed by atoms with Crippen LogP contribution in [0.1, 0.15) is 20.8 Å². The molecule has 0 bridgehead atoms. The molecule has 1 fully saturated rings. The lowest BCUT2D eigenvalue weighted by molar-refractivity contribution is -0.166. The lowest BCUT2D eigenvalue weighted by atomic mass is 10.1. The van der Waals surface area contributed by atoms with Crippen LogP contribution in [0.25, 0.3) is 0 Å². The van der Waals surface area contributed by atoms with Gasteiger partial charge in [-0.15, -0.1) is 0 Å². The molecule has 0 aromatic rings. The van der Waals surface area contributed by atoms with E-state index in [0.717, 1.165) is 25.7 Å². The van der Waals surface area contributed by atoms with Crippen LogP contribution in [0, 0.1) is 0 Å². The molecule has 0 spiro atoms. The molecule has 14 nitrogen and oxygen atoms in total. The second kappa shape index (κ2) is 7.98. The number of nitrogens with one attached hydrogen (secondary N) is 1. The fourth-order valence-electron chi connectivity index (χ4n) is 3.07. The number of amides is 5. The zero-order valence-electron chi connectivity index (χ0n) is 15.9. The molecule has 0 aromatic heterocycles. The van der Waals surface area contributed by atoms with Gasteiger partial charge in [-0.3, -0.25) is 24.5 Å². The zero-order valence-corrected chi connectivity index (χ0v) is 15.9. The molecule has 0 radical (unpaired) electrons. The monoisotopic (exact) mass is 424 g/mol. The summed E-state index contributed by atoms with van der Waals surface area (Å²) in [6.07, 6.45) is -5.29. The van der Waals surface area contributed by atoms with Gasteiger partial charge in [0.1, 0.15) is 12.7 Å². The lowest BCUT2D eigenvalue weighted by Gasteiger charge is -2.28. The molecule has 3 rings (SSSR count). The van der Waals surface area contributed by atoms with Gasteiger partial charge in [-0.05, 0) is 0 Å². The van der Waals surface area contributed by atoms with Crippen molar-refractivity contribution < 1.29 is 47.7 Å². The summed E-state index contributed by atoms with van der Waals surface area (Å²) in [5.74, 6) is -3.58. The minimum Gasteiger partial charge on any atom is -0.463 e. The third kappa shape index (κ3) is 4.03. The second-order valence-electron chi connectivity index (χ2n) is 6.32. The highest BCUT2D eigenvalue weighted by Crippen LogP contribution is 2.32. The van der Waals surface area contributed by atoms with E-state index in [1.165, 1.54) is 0 Å². The first-order chi connectivity index (χ1) is 14.1. The van der Waals surface area contributed by atoms with Crippen LogP contribution in [-0.4, -0.2) is 83.5 Å². The molecule has 3 aliphatic rings. The Balaban J connectivity index is 1.98. The third-order valence-corrected chi connectivity index (χ3v) is 4.09. The number of carbonyl (C=O) groups excluding carboxylic acids is 6. The summed E-state index contributed by atoms with van der Waals surface area (Å²) in [5, 5.41) is 1.87. The van der Waals surface area contributed by atoms with Gasteiger partial charge in [0.15, 0.2) is 30.0 Å². The van der Waals surface area contributed by atoms with Crippen molar-refractivity contribution in [3.05, 3.63) is 0 Å². The van der Waals surface area contributed by atoms with Gasteiger partial charge in [0.2, 0.25) is 0 Å². The van der Waals surface area contributed by atoms with Crippen molar-refractivity contribution in [1.82, 2.24) is 10.2 Å². The fraction of sp³-hybridized carbons (Fsp3) is 0.500. The highest BCUT2D eigenvalue weighted by Gasteiger charge is 2.56. The molecule has 1 saturated heterocycles. The molecule has 3 heterocycles. The SMILES string of the molecule is CC(=O)OC[C@H]1O[C@@H](N2C(=O)N=C3C(=O)NC(=O)N=C32)[C@H](OC(C)=O)[C@@H]1OC(C)=O. The van der Waals surface area contributed by atoms with Gasteiger partial charge in [0.25, 0.3) is 5.91 Å². The Morgan fingerprint density at radius 3 is 2.23 bits per heavy atom. The average molecular weight is 424 g/mol. The first kappa shape index (κ1) is 21.0. The molecular weight excluding hydrogens is 408 g/mol. The van der Waals surface area contributed by atoms with Crippen molar-refractivity contribution in [3.63, 3.8) is 0 Å². The van der Waals surface area contributed by atoms with E-state index < -0.39 is 78.6 Å². The number of urea groups is 2. The molecule has 14 heteroatoms. The highest BCUT2D eigenvalue weighted by atomic mass is 16.7. The Bertz CT molecular complexity index is 910. The molecule has 3 aliphatic heterocycles. The van der Waals surface area contributed by atoms with Crippen molar-refractivity contribution in [2.24, 2.45) is 9.98 Å². The van der Waals surface area contributed by atoms with Crippen LogP contribution >= 0.6 is 0 Å². The molecule has 5 amide bonds. The van der Waals surface area contributed by atoms with Crippen molar-refractivity contribution in [3.8, 4) is 0 Å². The van der Waals surface area contributed by atoms with Gasteiger partial charge in [-0.25, -0.2) is 14.5 Å². The minimum atomic E-state index is -1.48. The number of hydrogen-bond acceptors (Lipinski definition) is 10. The van der Waals surface area contributed by atoms with Crippen LogP contribution in [-0.2, 0) is 38.1 Å². The smallest absolute Gasteiger partial charge is 0.352 e. The number of carbonyl (C=O) groups is 6. The van der Waals surface area contributed by atoms with Crippen LogP contribution in [0.15, 0.2) is 9.98 Å². The maximum Gasteiger partial charge on any atom is 0.352 e. The largest absolute Gasteiger partial charge is 0.463 e. The van der Waals surface area contributed by atoms with Gasteiger partial charge in [0, 0.05) is 20.8 Å². The second-order valence-corrected chi connectivity index (χ2v) is 6.32. The number of aliphatic imine (C=N–C) groups is 2. The standard InChI is InChI=1S/C16H16N4O10/c1-5(21)27-4-8-10(28-6(2)22)11(29-7(3)23)14(30-8)20-12-9(17-16(20)26)13(24)19-15(25)18-12/h8,10-11,14H,4H2,1-3H3,(H,19,24,25)/t8-,10-,11-,14-/m1/s1. The predicted octanol–water partition coefficient (Wildman–Crippen LogP) is -1.34. The van der Waals surface area contributed by atoms with Gasteiger partial charge >= 0.3 is 30.0 Å². The first-order valence-corrected chi connectivity index (χ1v) is 8.58. The zero-order chi connectivity index (χ0) is 22.2. The summed E-state index contributed by atoms with van der Waals surface area (Å²) in [5.41, 5.74) is -0.433. The molecule has 0 unspecified atom stereocenters. The normalized spacial score (nSPS) is 27.7. The number of hydrogen-bond donors (Lipinski definition) is 1. The van der Waals surface area contributed by atoms with E-state index in [1.807, 2.05) is 5.32 Å². The Morgan fingerprint density at radius 2 is 1.63 bits per heavy atom. The Morgan fingerprint density at radius 1 is 1.00 bits per heavy atom. The lowest BCUT2D eigenvalue weighted by Crippen LogP contribution is -2.54. The van der Waals surface area contributed by atoms with E-state index in [0.29, 0.717) is 0 Å². The predicted molar refractivity (Wildman–Crippen MR) is 92.0 cm³/mol. The summed E-state index contributed by atoms with van der Waals surface area (Å²) < 4.78 is 21.0. The van der Waals surface area contributed by atoms with Crippen LogP contribution in [0.3, 0.4) is 0 Å². The van der Waals surface area contributed by atoms with Crippen molar-refractivity contribution in [2.45, 2.75) is 45.3 Å². The number of ether oxygens (including phenoxy) is 4. The minimum absolute atomic E-state index is 0.400. The average Bonchev–Trinajstić information content (AvgIpc) is 3.10. The van der Waals surface area contributed by atoms with Gasteiger partial charge in [0.05, 0.1) is 0 Å². The number of esters is 3. The molecule has 0 saturated carbocycles. The topological polar surface area (TPSA) is 179 Å². The van der Waals surface area contributed by atoms with E-state index in [2.05, 4.69) is 9.98 Å². The first-order valence-electron chi connectivity index (χ1n) is 8.58. The summed E-state index contributed by atoms with van der Waals surface area (Å²) in [6, 6.07) is -2.06. The van der Waals surface area contributed by atoms with Crippen LogP contribution < -0.4 is 5.32 Å². The number of fused-ring (bicyclic) bond motifs is 1. The molecule has 160 valence electrons. The summed E-state index contributed by atoms with van der Waals surface area (Å²) in [7, 11) is 0. The summed E-state index contributed by atoms with van der Waals surface area (Å²) in [4.78, 5) is 78.3. The van der Waals surface area contributed by atoms with Gasteiger partial charge in [-0.2, -0.15) is 9.98 Å². The summed E-state index contributed by atoms with van der Waals surface area (Å²) in [6.45, 7) is 2.91. The van der Waals surface area contributed by atoms with E-state index in [9.17, 15) is 28.8 Å².